The number of nitrogen functional groups attached to an aromatic ring is 1. The number of fused-ring (bicyclic) bond motifs is 1. The van der Waals surface area contributed by atoms with Gasteiger partial charge in [0.15, 0.2) is 10.4 Å². The van der Waals surface area contributed by atoms with Gasteiger partial charge < -0.3 is 5.73 Å². The quantitative estimate of drug-likeness (QED) is 0.263. The van der Waals surface area contributed by atoms with E-state index in [2.05, 4.69) is 4.98 Å². The number of nitrogens with two attached hydrogens (primary N) is 1. The van der Waals surface area contributed by atoms with E-state index in [-0.39, 0.29) is 0 Å². The van der Waals surface area contributed by atoms with Crippen LogP contribution in [-0.2, 0) is 6.54 Å². The summed E-state index contributed by atoms with van der Waals surface area (Å²) in [6.45, 7) is 0.329. The van der Waals surface area contributed by atoms with Crippen LogP contribution in [0, 0.1) is 9.41 Å². The van der Waals surface area contributed by atoms with Crippen LogP contribution in [0.4, 0.5) is 5.82 Å². The van der Waals surface area contributed by atoms with Gasteiger partial charge in [-0.05, 0) is 60.7 Å². The molecule has 3 aromatic heterocycles. The summed E-state index contributed by atoms with van der Waals surface area (Å²) in [6.07, 6.45) is 1.75. The molecule has 0 aliphatic heterocycles. The molecule has 3 heterocycles. The van der Waals surface area contributed by atoms with Gasteiger partial charge in [0.25, 0.3) is 0 Å². The Morgan fingerprint density at radius 2 is 1.21 bits per heavy atom. The molecule has 0 aliphatic carbocycles. The molecule has 3 aromatic carbocycles. The zero-order valence-corrected chi connectivity index (χ0v) is 22.4. The Hall–Kier alpha value is -4.73. The molecule has 39 heavy (non-hydrogen) atoms. The number of pyridine rings is 1. The lowest BCUT2D eigenvalue weighted by Gasteiger charge is -2.20. The maximum absolute atomic E-state index is 6.99. The van der Waals surface area contributed by atoms with Crippen molar-refractivity contribution >= 4 is 41.3 Å². The Morgan fingerprint density at radius 3 is 1.77 bits per heavy atom. The highest BCUT2D eigenvalue weighted by molar-refractivity contribution is 7.72. The van der Waals surface area contributed by atoms with Crippen LogP contribution in [-0.4, -0.2) is 23.7 Å². The molecule has 190 valence electrons. The second-order valence-corrected chi connectivity index (χ2v) is 9.49. The summed E-state index contributed by atoms with van der Waals surface area (Å²) in [5, 5.41) is 0.604. The number of aromatic nitrogens is 5. The normalized spacial score (nSPS) is 11.6. The Labute approximate surface area is 234 Å². The zero-order valence-electron chi connectivity index (χ0n) is 20.8. The molecule has 0 aliphatic rings. The van der Waals surface area contributed by atoms with Crippen molar-refractivity contribution in [2.75, 3.05) is 5.73 Å². The van der Waals surface area contributed by atoms with Crippen LogP contribution in [0.25, 0.3) is 28.1 Å². The number of para-hydroxylation sites is 3. The first-order chi connectivity index (χ1) is 19.1. The number of rotatable bonds is 5. The Balaban J connectivity index is 1.78. The van der Waals surface area contributed by atoms with E-state index in [1.807, 2.05) is 123 Å². The van der Waals surface area contributed by atoms with E-state index in [1.54, 1.807) is 6.20 Å². The molecule has 0 amide bonds. The van der Waals surface area contributed by atoms with Gasteiger partial charge in [0.1, 0.15) is 10.5 Å². The molecule has 6 aromatic rings. The standard InChI is InChI=1S/C30H23N7S2/c31-26-25-27(34-29(33-20-21-12-10-11-19-32-21)35(26)22-13-4-1-5-14-22)36(23-15-6-2-7-16-23)30(39)37(28(25)38)24-17-8-3-9-18-24/h1-19H,20,31H2. The minimum atomic E-state index is 0.329. The fourth-order valence-corrected chi connectivity index (χ4v) is 5.32. The van der Waals surface area contributed by atoms with Gasteiger partial charge in [-0.2, -0.15) is 4.98 Å². The molecule has 0 fully saturated rings. The highest BCUT2D eigenvalue weighted by Gasteiger charge is 2.19. The molecular formula is C30H23N7S2. The van der Waals surface area contributed by atoms with Crippen LogP contribution in [0.3, 0.4) is 0 Å². The summed E-state index contributed by atoms with van der Waals surface area (Å²) in [5.74, 6) is 0.417. The minimum absolute atomic E-state index is 0.329. The Morgan fingerprint density at radius 1 is 0.667 bits per heavy atom. The molecule has 9 heteroatoms. The fourth-order valence-electron chi connectivity index (χ4n) is 4.49. The van der Waals surface area contributed by atoms with Crippen molar-refractivity contribution in [3.63, 3.8) is 0 Å². The lowest BCUT2D eigenvalue weighted by atomic mass is 10.2. The van der Waals surface area contributed by atoms with Crippen molar-refractivity contribution in [1.29, 1.82) is 0 Å². The van der Waals surface area contributed by atoms with Gasteiger partial charge in [0, 0.05) is 17.6 Å². The van der Waals surface area contributed by atoms with Crippen molar-refractivity contribution in [3.05, 3.63) is 136 Å². The number of hydrogen-bond acceptors (Lipinski definition) is 6. The third kappa shape index (κ3) is 4.58. The molecule has 0 atom stereocenters. The molecular weight excluding hydrogens is 523 g/mol. The van der Waals surface area contributed by atoms with Gasteiger partial charge in [0.2, 0.25) is 5.62 Å². The maximum atomic E-state index is 6.99. The van der Waals surface area contributed by atoms with Crippen molar-refractivity contribution in [2.24, 2.45) is 4.99 Å². The van der Waals surface area contributed by atoms with Gasteiger partial charge in [-0.1, -0.05) is 72.9 Å². The third-order valence-corrected chi connectivity index (χ3v) is 7.04. The average molecular weight is 546 g/mol. The Bertz CT molecular complexity index is 1960. The Kier molecular flexibility index (Phi) is 6.66. The van der Waals surface area contributed by atoms with Crippen LogP contribution in [0.1, 0.15) is 5.69 Å². The second-order valence-electron chi connectivity index (χ2n) is 8.73. The van der Waals surface area contributed by atoms with Gasteiger partial charge >= 0.3 is 0 Å². The van der Waals surface area contributed by atoms with Crippen molar-refractivity contribution in [1.82, 2.24) is 23.7 Å². The van der Waals surface area contributed by atoms with Gasteiger partial charge in [0.05, 0.1) is 23.3 Å². The van der Waals surface area contributed by atoms with E-state index in [1.165, 1.54) is 0 Å². The largest absolute Gasteiger partial charge is 0.384 e. The van der Waals surface area contributed by atoms with E-state index in [4.69, 9.17) is 40.1 Å². The summed E-state index contributed by atoms with van der Waals surface area (Å²) < 4.78 is 6.54. The van der Waals surface area contributed by atoms with Crippen LogP contribution in [0.5, 0.6) is 0 Å². The van der Waals surface area contributed by atoms with Crippen molar-refractivity contribution < 1.29 is 0 Å². The monoisotopic (exact) mass is 545 g/mol. The molecule has 7 nitrogen and oxygen atoms in total. The van der Waals surface area contributed by atoms with Crippen LogP contribution in [0.2, 0.25) is 0 Å². The summed E-state index contributed by atoms with van der Waals surface area (Å²) in [7, 11) is 0. The predicted octanol–water partition coefficient (Wildman–Crippen LogP) is 6.14. The minimum Gasteiger partial charge on any atom is -0.384 e. The van der Waals surface area contributed by atoms with E-state index in [0.717, 1.165) is 22.8 Å². The van der Waals surface area contributed by atoms with Crippen LogP contribution < -0.4 is 11.4 Å². The van der Waals surface area contributed by atoms with E-state index >= 15 is 0 Å². The van der Waals surface area contributed by atoms with Crippen molar-refractivity contribution in [2.45, 2.75) is 6.54 Å². The topological polar surface area (TPSA) is 78.9 Å². The maximum Gasteiger partial charge on any atom is 0.233 e. The highest BCUT2D eigenvalue weighted by atomic mass is 32.1. The first kappa shape index (κ1) is 24.6. The SMILES string of the molecule is Nc1c2c(=S)n(-c3ccccc3)c(=S)n(-c3ccccc3)c2nc(=NCc2ccccn2)n1-c1ccccc1. The predicted molar refractivity (Wildman–Crippen MR) is 159 cm³/mol. The zero-order chi connectivity index (χ0) is 26.8. The first-order valence-corrected chi connectivity index (χ1v) is 13.1. The summed E-state index contributed by atoms with van der Waals surface area (Å²) in [5.41, 5.74) is 11.3. The van der Waals surface area contributed by atoms with Gasteiger partial charge in [-0.25, -0.2) is 4.99 Å². The van der Waals surface area contributed by atoms with E-state index in [9.17, 15) is 0 Å². The lowest BCUT2D eigenvalue weighted by Crippen LogP contribution is -2.28. The number of hydrogen-bond donors (Lipinski definition) is 1. The molecule has 2 N–H and O–H groups in total. The smallest absolute Gasteiger partial charge is 0.233 e. The fraction of sp³-hybridized carbons (Fsp3) is 0.0333. The summed E-state index contributed by atoms with van der Waals surface area (Å²) in [6, 6.07) is 35.2. The number of anilines is 1. The van der Waals surface area contributed by atoms with Crippen molar-refractivity contribution in [3.8, 4) is 17.1 Å². The first-order valence-electron chi connectivity index (χ1n) is 12.3. The number of benzene rings is 3. The average Bonchev–Trinajstić information content (AvgIpc) is 2.98. The highest BCUT2D eigenvalue weighted by Crippen LogP contribution is 2.27. The summed E-state index contributed by atoms with van der Waals surface area (Å²) >= 11 is 12.1. The second kappa shape index (κ2) is 10.6. The molecule has 6 rings (SSSR count). The van der Waals surface area contributed by atoms with E-state index < -0.39 is 0 Å². The van der Waals surface area contributed by atoms with E-state index in [0.29, 0.717) is 38.4 Å². The molecule has 0 unspecified atom stereocenters. The molecule has 0 radical (unpaired) electrons. The third-order valence-electron chi connectivity index (χ3n) is 6.29. The molecule has 0 bridgehead atoms. The van der Waals surface area contributed by atoms with Gasteiger partial charge in [-0.15, -0.1) is 0 Å². The summed E-state index contributed by atoms with van der Waals surface area (Å²) in [4.78, 5) is 14.3. The molecule has 0 saturated carbocycles. The van der Waals surface area contributed by atoms with Gasteiger partial charge in [-0.3, -0.25) is 18.7 Å². The van der Waals surface area contributed by atoms with Crippen LogP contribution >= 0.6 is 24.4 Å². The van der Waals surface area contributed by atoms with Crippen LogP contribution in [0.15, 0.2) is 120 Å². The molecule has 0 spiro atoms. The molecule has 0 saturated heterocycles. The lowest BCUT2D eigenvalue weighted by molar-refractivity contribution is 0.808. The number of nitrogens with zero attached hydrogens (tertiary/aromatic N) is 6.